The van der Waals surface area contributed by atoms with Crippen LogP contribution in [0.5, 0.6) is 0 Å². The third kappa shape index (κ3) is 3.56. The molecule has 2 aliphatic rings. The van der Waals surface area contributed by atoms with E-state index < -0.39 is 4.87 Å². The Hall–Kier alpha value is -3.32. The number of rotatable bonds is 3. The second-order valence-electron chi connectivity index (χ2n) is 8.44. The summed E-state index contributed by atoms with van der Waals surface area (Å²) in [4.78, 5) is 29.4. The molecule has 1 saturated heterocycles. The van der Waals surface area contributed by atoms with E-state index in [1.165, 1.54) is 17.8 Å². The van der Waals surface area contributed by atoms with Crippen molar-refractivity contribution < 1.29 is 14.0 Å². The minimum Gasteiger partial charge on any atom is -0.308 e. The smallest absolute Gasteiger partial charge is 0.308 e. The minimum absolute atomic E-state index is 0.108. The number of aryl methyl sites for hydroxylation is 2. The van der Waals surface area contributed by atoms with Gasteiger partial charge in [-0.2, -0.15) is 0 Å². The first-order valence-electron chi connectivity index (χ1n) is 10.9. The zero-order valence-corrected chi connectivity index (χ0v) is 19.3. The number of fused-ring (bicyclic) bond motifs is 2. The Balaban J connectivity index is 1.54. The van der Waals surface area contributed by atoms with Crippen molar-refractivity contribution in [3.63, 3.8) is 0 Å². The van der Waals surface area contributed by atoms with Crippen LogP contribution in [0.15, 0.2) is 66.7 Å². The van der Waals surface area contributed by atoms with Gasteiger partial charge in [-0.1, -0.05) is 53.6 Å². The number of nitrogens with zero attached hydrogens (tertiary/aromatic N) is 2. The maximum Gasteiger partial charge on any atom is 0.323 e. The van der Waals surface area contributed by atoms with Crippen LogP contribution >= 0.6 is 11.8 Å². The van der Waals surface area contributed by atoms with Gasteiger partial charge >= 0.3 is 6.03 Å². The van der Waals surface area contributed by atoms with E-state index in [1.807, 2.05) is 56.3 Å². The van der Waals surface area contributed by atoms with Crippen molar-refractivity contribution in [1.82, 2.24) is 4.90 Å². The van der Waals surface area contributed by atoms with Gasteiger partial charge in [0.15, 0.2) is 4.87 Å². The van der Waals surface area contributed by atoms with Gasteiger partial charge in [0.25, 0.3) is 5.91 Å². The van der Waals surface area contributed by atoms with Crippen molar-refractivity contribution in [3.8, 4) is 0 Å². The normalized spacial score (nSPS) is 19.3. The number of benzene rings is 3. The summed E-state index contributed by atoms with van der Waals surface area (Å²) >= 11 is 1.46. The predicted octanol–water partition coefficient (Wildman–Crippen LogP) is 5.42. The lowest BCUT2D eigenvalue weighted by molar-refractivity contribution is -0.123. The van der Waals surface area contributed by atoms with Gasteiger partial charge in [0.05, 0.1) is 12.2 Å². The molecule has 3 aromatic rings. The molecule has 0 saturated carbocycles. The van der Waals surface area contributed by atoms with E-state index in [0.29, 0.717) is 23.5 Å². The van der Waals surface area contributed by atoms with E-state index >= 15 is 0 Å². The molecule has 0 radical (unpaired) electrons. The lowest BCUT2D eigenvalue weighted by Crippen LogP contribution is -2.51. The van der Waals surface area contributed by atoms with Crippen LogP contribution < -0.4 is 10.2 Å². The lowest BCUT2D eigenvalue weighted by Gasteiger charge is -2.33. The van der Waals surface area contributed by atoms with Crippen molar-refractivity contribution in [3.05, 3.63) is 94.8 Å². The Morgan fingerprint density at radius 2 is 1.79 bits per heavy atom. The molecule has 3 amide bonds. The van der Waals surface area contributed by atoms with Crippen LogP contribution in [0.25, 0.3) is 0 Å². The molecule has 2 aliphatic heterocycles. The van der Waals surface area contributed by atoms with Crippen LogP contribution in [0.4, 0.5) is 20.6 Å². The second kappa shape index (κ2) is 8.23. The maximum atomic E-state index is 14.4. The standard InChI is InChI=1S/C26H24FN3O2S/c1-17-7-10-20(11-8-17)28-25(32)30-13-14-33-26(30)21-15-18(2)9-12-23(21)29(24(26)31)16-19-5-3-4-6-22(19)27/h3-12,15H,13-14,16H2,1-2H3,(H,28,32)/t26-/m1/s1. The molecule has 0 aromatic heterocycles. The number of carbonyl (C=O) groups excluding carboxylic acids is 2. The molecular formula is C26H24FN3O2S. The first-order chi connectivity index (χ1) is 15.9. The van der Waals surface area contributed by atoms with Gasteiger partial charge in [-0.3, -0.25) is 9.69 Å². The first kappa shape index (κ1) is 21.5. The van der Waals surface area contributed by atoms with E-state index in [9.17, 15) is 14.0 Å². The number of carbonyl (C=O) groups is 2. The number of nitrogens with one attached hydrogen (secondary N) is 1. The van der Waals surface area contributed by atoms with Gasteiger partial charge in [-0.05, 0) is 38.1 Å². The summed E-state index contributed by atoms with van der Waals surface area (Å²) in [7, 11) is 0. The molecule has 0 aliphatic carbocycles. The summed E-state index contributed by atoms with van der Waals surface area (Å²) in [5.74, 6) is 0.0643. The molecule has 0 bridgehead atoms. The molecule has 2 heterocycles. The highest BCUT2D eigenvalue weighted by Crippen LogP contribution is 2.54. The minimum atomic E-state index is -1.17. The van der Waals surface area contributed by atoms with Gasteiger partial charge in [0, 0.05) is 29.1 Å². The van der Waals surface area contributed by atoms with Gasteiger partial charge in [-0.15, -0.1) is 11.8 Å². The third-order valence-corrected chi connectivity index (χ3v) is 7.60. The lowest BCUT2D eigenvalue weighted by atomic mass is 10.0. The van der Waals surface area contributed by atoms with Gasteiger partial charge in [0.2, 0.25) is 0 Å². The average molecular weight is 462 g/mol. The monoisotopic (exact) mass is 461 g/mol. The first-order valence-corrected chi connectivity index (χ1v) is 11.8. The zero-order valence-electron chi connectivity index (χ0n) is 18.5. The molecule has 7 heteroatoms. The van der Waals surface area contributed by atoms with Crippen molar-refractivity contribution in [2.24, 2.45) is 0 Å². The fourth-order valence-corrected chi connectivity index (χ4v) is 5.96. The fraction of sp³-hybridized carbons (Fsp3) is 0.231. The molecule has 1 N–H and O–H groups in total. The van der Waals surface area contributed by atoms with Crippen molar-refractivity contribution in [2.45, 2.75) is 25.3 Å². The number of thioether (sulfide) groups is 1. The fourth-order valence-electron chi connectivity index (χ4n) is 4.51. The summed E-state index contributed by atoms with van der Waals surface area (Å²) in [6, 6.07) is 19.5. The number of anilines is 2. The number of hydrogen-bond acceptors (Lipinski definition) is 3. The van der Waals surface area contributed by atoms with E-state index in [1.54, 1.807) is 28.0 Å². The molecule has 33 heavy (non-hydrogen) atoms. The quantitative estimate of drug-likeness (QED) is 0.566. The molecule has 3 aromatic carbocycles. The van der Waals surface area contributed by atoms with Crippen LogP contribution in [0.3, 0.4) is 0 Å². The van der Waals surface area contributed by atoms with E-state index in [2.05, 4.69) is 5.32 Å². The Kier molecular flexibility index (Phi) is 5.37. The summed E-state index contributed by atoms with van der Waals surface area (Å²) in [6.45, 7) is 4.50. The molecule has 5 nitrogen and oxygen atoms in total. The van der Waals surface area contributed by atoms with Gasteiger partial charge < -0.3 is 10.2 Å². The highest BCUT2D eigenvalue weighted by Gasteiger charge is 2.59. The summed E-state index contributed by atoms with van der Waals surface area (Å²) in [5.41, 5.74) is 4.71. The molecular weight excluding hydrogens is 437 g/mol. The molecule has 0 unspecified atom stereocenters. The molecule has 1 atom stereocenters. The molecule has 168 valence electrons. The molecule has 5 rings (SSSR count). The van der Waals surface area contributed by atoms with Crippen LogP contribution in [0.2, 0.25) is 0 Å². The average Bonchev–Trinajstić information content (AvgIpc) is 3.34. The highest BCUT2D eigenvalue weighted by molar-refractivity contribution is 8.01. The van der Waals surface area contributed by atoms with Crippen LogP contribution in [-0.2, 0) is 16.2 Å². The largest absolute Gasteiger partial charge is 0.323 e. The van der Waals surface area contributed by atoms with Gasteiger partial charge in [0.1, 0.15) is 5.82 Å². The number of halogens is 1. The Bertz CT molecular complexity index is 1250. The maximum absolute atomic E-state index is 14.4. The van der Waals surface area contributed by atoms with E-state index in [4.69, 9.17) is 0 Å². The zero-order chi connectivity index (χ0) is 23.2. The van der Waals surface area contributed by atoms with Crippen molar-refractivity contribution in [1.29, 1.82) is 0 Å². The van der Waals surface area contributed by atoms with Gasteiger partial charge in [-0.25, -0.2) is 9.18 Å². The van der Waals surface area contributed by atoms with Crippen molar-refractivity contribution in [2.75, 3.05) is 22.5 Å². The molecule has 1 spiro atoms. The Morgan fingerprint density at radius 3 is 2.55 bits per heavy atom. The predicted molar refractivity (Wildman–Crippen MR) is 130 cm³/mol. The highest BCUT2D eigenvalue weighted by atomic mass is 32.2. The Morgan fingerprint density at radius 1 is 1.06 bits per heavy atom. The van der Waals surface area contributed by atoms with Crippen LogP contribution in [0, 0.1) is 19.7 Å². The topological polar surface area (TPSA) is 52.7 Å². The molecule has 1 fully saturated rings. The summed E-state index contributed by atoms with van der Waals surface area (Å²) in [6.07, 6.45) is 0. The van der Waals surface area contributed by atoms with Crippen LogP contribution in [-0.4, -0.2) is 29.1 Å². The second-order valence-corrected chi connectivity index (χ2v) is 9.73. The number of hydrogen-bond donors (Lipinski definition) is 1. The number of urea groups is 1. The van der Waals surface area contributed by atoms with E-state index in [0.717, 1.165) is 22.4 Å². The summed E-state index contributed by atoms with van der Waals surface area (Å²) in [5, 5.41) is 2.94. The Labute approximate surface area is 196 Å². The van der Waals surface area contributed by atoms with Crippen molar-refractivity contribution >= 4 is 35.1 Å². The van der Waals surface area contributed by atoms with E-state index in [-0.39, 0.29) is 24.3 Å². The van der Waals surface area contributed by atoms with Crippen LogP contribution in [0.1, 0.15) is 22.3 Å². The SMILES string of the molecule is Cc1ccc(NC(=O)N2CCS[C@]23C(=O)N(Cc2ccccc2F)c2ccc(C)cc23)cc1. The summed E-state index contributed by atoms with van der Waals surface area (Å²) < 4.78 is 14.4. The number of amides is 3. The third-order valence-electron chi connectivity index (χ3n) is 6.18.